The van der Waals surface area contributed by atoms with Crippen molar-refractivity contribution in [2.75, 3.05) is 26.4 Å². The molecular formula is C18H16N4O13. The molecule has 17 heteroatoms. The molecular weight excluding hydrogens is 480 g/mol. The summed E-state index contributed by atoms with van der Waals surface area (Å²) in [7, 11) is 0. The summed E-state index contributed by atoms with van der Waals surface area (Å²) < 4.78 is 10.4. The van der Waals surface area contributed by atoms with Crippen LogP contribution in [-0.4, -0.2) is 62.3 Å². The molecule has 0 aromatic heterocycles. The van der Waals surface area contributed by atoms with E-state index < -0.39 is 78.4 Å². The molecule has 2 N–H and O–H groups in total. The Hall–Kier alpha value is -4.61. The van der Waals surface area contributed by atoms with Crippen molar-refractivity contribution in [3.63, 3.8) is 0 Å². The van der Waals surface area contributed by atoms with E-state index in [0.717, 1.165) is 12.1 Å². The van der Waals surface area contributed by atoms with E-state index in [0.29, 0.717) is 24.3 Å². The molecule has 2 aromatic carbocycles. The van der Waals surface area contributed by atoms with Gasteiger partial charge in [0.25, 0.3) is 22.7 Å². The number of rotatable bonds is 13. The van der Waals surface area contributed by atoms with Gasteiger partial charge in [-0.05, 0) is 12.1 Å². The molecule has 0 spiro atoms. The molecule has 2 rings (SSSR count). The number of carbonyl (C=O) groups is 1. The van der Waals surface area contributed by atoms with Crippen molar-refractivity contribution in [2.24, 2.45) is 0 Å². The summed E-state index contributed by atoms with van der Waals surface area (Å²) in [5.74, 6) is -1.99. The lowest BCUT2D eigenvalue weighted by molar-refractivity contribution is -0.396. The largest absolute Gasteiger partial charge is 0.479 e. The van der Waals surface area contributed by atoms with Crippen LogP contribution in [0.25, 0.3) is 0 Å². The Balaban J connectivity index is 2.91. The quantitative estimate of drug-likeness (QED) is 0.228. The summed E-state index contributed by atoms with van der Waals surface area (Å²) >= 11 is 0. The smallest absolute Gasteiger partial charge is 0.346 e. The maximum absolute atomic E-state index is 12.6. The van der Waals surface area contributed by atoms with E-state index in [9.17, 15) is 50.4 Å². The minimum atomic E-state index is -3.02. The van der Waals surface area contributed by atoms with Crippen LogP contribution in [0.15, 0.2) is 36.4 Å². The SMILES string of the molecule is O=C(O)C(OCCOCCO)(c1ccc([N+](=O)[O-])cc1[N+](=O)[O-])c1ccc([N+](=O)[O-])cc1[N+](=O)[O-]. The van der Waals surface area contributed by atoms with Gasteiger partial charge in [-0.1, -0.05) is 0 Å². The lowest BCUT2D eigenvalue weighted by atomic mass is 9.83. The highest BCUT2D eigenvalue weighted by molar-refractivity contribution is 5.88. The first-order valence-corrected chi connectivity index (χ1v) is 9.40. The van der Waals surface area contributed by atoms with Gasteiger partial charge in [0.05, 0.1) is 69.4 Å². The number of nitro benzene ring substituents is 4. The van der Waals surface area contributed by atoms with Crippen LogP contribution in [0.5, 0.6) is 0 Å². The molecule has 0 saturated carbocycles. The van der Waals surface area contributed by atoms with Gasteiger partial charge in [0.15, 0.2) is 0 Å². The van der Waals surface area contributed by atoms with E-state index in [-0.39, 0.29) is 13.2 Å². The standard InChI is InChI=1S/C18H16N4O13/c23-5-6-34-7-8-35-18(17(24)25,13-3-1-11(19(26)27)9-15(13)21(30)31)14-4-2-12(20(28)29)10-16(14)22(32)33/h1-4,9-10,23H,5-8H2,(H,24,25). The van der Waals surface area contributed by atoms with Crippen LogP contribution in [0.1, 0.15) is 11.1 Å². The first kappa shape index (κ1) is 26.6. The van der Waals surface area contributed by atoms with Gasteiger partial charge in [-0.2, -0.15) is 0 Å². The number of carboxylic acid groups (broad SMARTS) is 1. The molecule has 17 nitrogen and oxygen atoms in total. The van der Waals surface area contributed by atoms with Crippen molar-refractivity contribution < 1.29 is 44.2 Å². The topological polar surface area (TPSA) is 249 Å². The zero-order valence-electron chi connectivity index (χ0n) is 17.5. The third-order valence-corrected chi connectivity index (χ3v) is 4.62. The van der Waals surface area contributed by atoms with Crippen LogP contribution in [0.2, 0.25) is 0 Å². The number of aliphatic carboxylic acids is 1. The third kappa shape index (κ3) is 5.49. The molecule has 0 unspecified atom stereocenters. The van der Waals surface area contributed by atoms with Crippen LogP contribution >= 0.6 is 0 Å². The third-order valence-electron chi connectivity index (χ3n) is 4.62. The Bertz CT molecular complexity index is 1110. The van der Waals surface area contributed by atoms with Gasteiger partial charge < -0.3 is 19.7 Å². The Morgan fingerprint density at radius 2 is 1.23 bits per heavy atom. The number of aliphatic hydroxyl groups excluding tert-OH is 1. The second kappa shape index (κ2) is 11.0. The minimum absolute atomic E-state index is 0.182. The summed E-state index contributed by atoms with van der Waals surface area (Å²) in [5.41, 5.74) is -8.42. The number of ether oxygens (including phenoxy) is 2. The average Bonchev–Trinajstić information content (AvgIpc) is 2.80. The Morgan fingerprint density at radius 1 is 0.771 bits per heavy atom. The molecule has 0 heterocycles. The summed E-state index contributed by atoms with van der Waals surface area (Å²) in [6.07, 6.45) is 0. The number of benzene rings is 2. The van der Waals surface area contributed by atoms with Gasteiger partial charge in [0.1, 0.15) is 0 Å². The van der Waals surface area contributed by atoms with E-state index in [2.05, 4.69) is 0 Å². The predicted octanol–water partition coefficient (Wildman–Crippen LogP) is 1.67. The zero-order valence-corrected chi connectivity index (χ0v) is 17.5. The highest BCUT2D eigenvalue weighted by Gasteiger charge is 2.52. The van der Waals surface area contributed by atoms with E-state index in [1.54, 1.807) is 0 Å². The van der Waals surface area contributed by atoms with E-state index in [1.807, 2.05) is 0 Å². The second-order valence-corrected chi connectivity index (χ2v) is 6.60. The van der Waals surface area contributed by atoms with Crippen molar-refractivity contribution in [1.82, 2.24) is 0 Å². The minimum Gasteiger partial charge on any atom is -0.479 e. The van der Waals surface area contributed by atoms with Crippen molar-refractivity contribution in [3.05, 3.63) is 88.0 Å². The van der Waals surface area contributed by atoms with E-state index >= 15 is 0 Å². The normalized spacial score (nSPS) is 11.1. The van der Waals surface area contributed by atoms with Crippen LogP contribution in [0.4, 0.5) is 22.7 Å². The van der Waals surface area contributed by atoms with Gasteiger partial charge >= 0.3 is 5.97 Å². The fourth-order valence-electron chi connectivity index (χ4n) is 3.18. The highest BCUT2D eigenvalue weighted by Crippen LogP contribution is 2.45. The molecule has 0 aliphatic carbocycles. The predicted molar refractivity (Wildman–Crippen MR) is 112 cm³/mol. The van der Waals surface area contributed by atoms with Crippen molar-refractivity contribution in [2.45, 2.75) is 5.60 Å². The number of aliphatic hydroxyl groups is 1. The lowest BCUT2D eigenvalue weighted by Crippen LogP contribution is -2.42. The van der Waals surface area contributed by atoms with Gasteiger partial charge in [0, 0.05) is 12.1 Å². The van der Waals surface area contributed by atoms with Gasteiger partial charge in [-0.15, -0.1) is 0 Å². The number of nitrogens with zero attached hydrogens (tertiary/aromatic N) is 4. The first-order valence-electron chi connectivity index (χ1n) is 9.40. The fraction of sp³-hybridized carbons (Fsp3) is 0.278. The van der Waals surface area contributed by atoms with Gasteiger partial charge in [0.2, 0.25) is 5.60 Å². The summed E-state index contributed by atoms with van der Waals surface area (Å²) in [5, 5.41) is 64.6. The molecule has 0 saturated heterocycles. The Morgan fingerprint density at radius 3 is 1.57 bits per heavy atom. The second-order valence-electron chi connectivity index (χ2n) is 6.60. The summed E-state index contributed by atoms with van der Waals surface area (Å²) in [6, 6.07) is 3.78. The molecule has 0 aliphatic rings. The zero-order chi connectivity index (χ0) is 26.3. The molecule has 0 amide bonds. The molecule has 0 radical (unpaired) electrons. The molecule has 35 heavy (non-hydrogen) atoms. The van der Waals surface area contributed by atoms with Gasteiger partial charge in [-0.3, -0.25) is 40.5 Å². The van der Waals surface area contributed by atoms with Crippen molar-refractivity contribution in [3.8, 4) is 0 Å². The number of hydrogen-bond acceptors (Lipinski definition) is 12. The van der Waals surface area contributed by atoms with Crippen LogP contribution in [0.3, 0.4) is 0 Å². The van der Waals surface area contributed by atoms with E-state index in [4.69, 9.17) is 14.6 Å². The number of carboxylic acids is 1. The Labute approximate surface area is 193 Å². The number of hydrogen-bond donors (Lipinski definition) is 2. The number of nitro groups is 4. The van der Waals surface area contributed by atoms with Gasteiger partial charge in [-0.25, -0.2) is 4.79 Å². The molecule has 0 atom stereocenters. The van der Waals surface area contributed by atoms with Crippen molar-refractivity contribution >= 4 is 28.7 Å². The average molecular weight is 496 g/mol. The lowest BCUT2D eigenvalue weighted by Gasteiger charge is -2.30. The molecule has 0 fully saturated rings. The maximum Gasteiger partial charge on any atom is 0.346 e. The highest BCUT2D eigenvalue weighted by atomic mass is 16.6. The fourth-order valence-corrected chi connectivity index (χ4v) is 3.18. The van der Waals surface area contributed by atoms with Crippen molar-refractivity contribution in [1.29, 1.82) is 0 Å². The summed E-state index contributed by atoms with van der Waals surface area (Å²) in [4.78, 5) is 54.1. The first-order chi connectivity index (χ1) is 16.5. The van der Waals surface area contributed by atoms with E-state index in [1.165, 1.54) is 0 Å². The summed E-state index contributed by atoms with van der Waals surface area (Å²) in [6.45, 7) is -1.57. The number of non-ortho nitro benzene ring substituents is 2. The van der Waals surface area contributed by atoms with Crippen LogP contribution in [-0.2, 0) is 19.9 Å². The Kier molecular flexibility index (Phi) is 8.38. The monoisotopic (exact) mass is 496 g/mol. The maximum atomic E-state index is 12.6. The molecule has 0 bridgehead atoms. The molecule has 186 valence electrons. The van der Waals surface area contributed by atoms with Crippen LogP contribution < -0.4 is 0 Å². The molecule has 2 aromatic rings. The molecule has 0 aliphatic heterocycles. The van der Waals surface area contributed by atoms with Crippen LogP contribution in [0, 0.1) is 40.5 Å².